The molecule has 8 heteroatoms. The Labute approximate surface area is 191 Å². The molecule has 0 saturated carbocycles. The van der Waals surface area contributed by atoms with Crippen LogP contribution in [0, 0.1) is 13.8 Å². The number of carbonyl (C=O) groups excluding carboxylic acids is 2. The van der Waals surface area contributed by atoms with Crippen molar-refractivity contribution >= 4 is 17.5 Å². The SMILES string of the molecule is CCCCCOc1ccc([C@@H]2C(C(=O)c3ccc(C)o3)=C(O)C(=O)N2c2cc(C)on2)cc1. The lowest BCUT2D eigenvalue weighted by atomic mass is 9.95. The maximum atomic E-state index is 13.3. The first-order valence-corrected chi connectivity index (χ1v) is 10.9. The summed E-state index contributed by atoms with van der Waals surface area (Å²) in [4.78, 5) is 27.6. The van der Waals surface area contributed by atoms with Crippen LogP contribution in [0.2, 0.25) is 0 Å². The van der Waals surface area contributed by atoms with E-state index in [2.05, 4.69) is 12.1 Å². The van der Waals surface area contributed by atoms with E-state index in [-0.39, 0.29) is 17.2 Å². The maximum Gasteiger partial charge on any atom is 0.295 e. The molecule has 172 valence electrons. The summed E-state index contributed by atoms with van der Waals surface area (Å²) in [5.74, 6) is 0.0289. The molecule has 0 spiro atoms. The summed E-state index contributed by atoms with van der Waals surface area (Å²) < 4.78 is 16.4. The molecule has 1 N–H and O–H groups in total. The zero-order valence-corrected chi connectivity index (χ0v) is 18.8. The molecule has 8 nitrogen and oxygen atoms in total. The van der Waals surface area contributed by atoms with Gasteiger partial charge < -0.3 is 18.8 Å². The summed E-state index contributed by atoms with van der Waals surface area (Å²) in [6, 6.07) is 11.0. The van der Waals surface area contributed by atoms with Gasteiger partial charge in [-0.05, 0) is 50.1 Å². The summed E-state index contributed by atoms with van der Waals surface area (Å²) in [5.41, 5.74) is 0.534. The molecule has 0 bridgehead atoms. The second-order valence-corrected chi connectivity index (χ2v) is 8.00. The Morgan fingerprint density at radius 1 is 1.12 bits per heavy atom. The number of benzene rings is 1. The number of aliphatic hydroxyl groups is 1. The quantitative estimate of drug-likeness (QED) is 0.351. The van der Waals surface area contributed by atoms with Gasteiger partial charge in [0.25, 0.3) is 5.91 Å². The Morgan fingerprint density at radius 3 is 2.48 bits per heavy atom. The molecule has 1 aliphatic heterocycles. The molecule has 0 fully saturated rings. The van der Waals surface area contributed by atoms with Crippen molar-refractivity contribution < 1.29 is 28.4 Å². The van der Waals surface area contributed by atoms with Crippen LogP contribution in [0.4, 0.5) is 5.82 Å². The van der Waals surface area contributed by atoms with Crippen LogP contribution in [-0.4, -0.2) is 28.6 Å². The third-order valence-corrected chi connectivity index (χ3v) is 5.49. The number of aryl methyl sites for hydroxylation is 2. The van der Waals surface area contributed by atoms with E-state index in [9.17, 15) is 14.7 Å². The molecule has 4 rings (SSSR count). The minimum absolute atomic E-state index is 0.0425. The number of hydrogen-bond acceptors (Lipinski definition) is 7. The second kappa shape index (κ2) is 9.36. The normalized spacial score (nSPS) is 16.0. The molecular weight excluding hydrogens is 424 g/mol. The van der Waals surface area contributed by atoms with Crippen LogP contribution in [0.15, 0.2) is 62.7 Å². The van der Waals surface area contributed by atoms with Crippen LogP contribution in [0.3, 0.4) is 0 Å². The first-order valence-electron chi connectivity index (χ1n) is 10.9. The maximum absolute atomic E-state index is 13.3. The van der Waals surface area contributed by atoms with Gasteiger partial charge in [-0.2, -0.15) is 0 Å². The molecule has 1 aromatic carbocycles. The fourth-order valence-electron chi connectivity index (χ4n) is 3.83. The van der Waals surface area contributed by atoms with E-state index in [1.165, 1.54) is 11.0 Å². The first kappa shape index (κ1) is 22.4. The van der Waals surface area contributed by atoms with E-state index in [1.807, 2.05) is 0 Å². The minimum Gasteiger partial charge on any atom is -0.503 e. The van der Waals surface area contributed by atoms with Crippen molar-refractivity contribution in [3.05, 3.63) is 76.6 Å². The highest BCUT2D eigenvalue weighted by atomic mass is 16.5. The number of aliphatic hydroxyl groups excluding tert-OH is 1. The van der Waals surface area contributed by atoms with Crippen LogP contribution in [0.1, 0.15) is 59.9 Å². The van der Waals surface area contributed by atoms with Crippen LogP contribution in [-0.2, 0) is 4.79 Å². The van der Waals surface area contributed by atoms with Gasteiger partial charge in [-0.3, -0.25) is 14.5 Å². The van der Waals surface area contributed by atoms with E-state index in [0.29, 0.717) is 29.4 Å². The number of rotatable bonds is 9. The lowest BCUT2D eigenvalue weighted by molar-refractivity contribution is -0.117. The van der Waals surface area contributed by atoms with Gasteiger partial charge in [0.05, 0.1) is 18.2 Å². The summed E-state index contributed by atoms with van der Waals surface area (Å²) in [6.07, 6.45) is 3.17. The summed E-state index contributed by atoms with van der Waals surface area (Å²) >= 11 is 0. The van der Waals surface area contributed by atoms with Gasteiger partial charge in [0.15, 0.2) is 17.3 Å². The van der Waals surface area contributed by atoms with Gasteiger partial charge >= 0.3 is 0 Å². The van der Waals surface area contributed by atoms with Gasteiger partial charge in [-0.25, -0.2) is 0 Å². The molecule has 0 unspecified atom stereocenters. The van der Waals surface area contributed by atoms with E-state index < -0.39 is 23.5 Å². The largest absolute Gasteiger partial charge is 0.503 e. The van der Waals surface area contributed by atoms with Gasteiger partial charge in [-0.1, -0.05) is 37.1 Å². The van der Waals surface area contributed by atoms with Crippen molar-refractivity contribution in [3.8, 4) is 5.75 Å². The molecule has 1 atom stereocenters. The van der Waals surface area contributed by atoms with Crippen LogP contribution in [0.5, 0.6) is 5.75 Å². The van der Waals surface area contributed by atoms with E-state index in [1.54, 1.807) is 50.2 Å². The van der Waals surface area contributed by atoms with Crippen LogP contribution < -0.4 is 9.64 Å². The number of unbranched alkanes of at least 4 members (excludes halogenated alkanes) is 2. The number of anilines is 1. The number of ketones is 1. The summed E-state index contributed by atoms with van der Waals surface area (Å²) in [6.45, 7) is 6.15. The topological polar surface area (TPSA) is 106 Å². The number of Topliss-reactive ketones (excluding diaryl/α,β-unsaturated/α-hetero) is 1. The standard InChI is InChI=1S/C25H26N2O6/c1-4-5-6-13-31-18-10-8-17(9-11-18)22-21(23(28)19-12-7-15(2)32-19)24(29)25(30)27(22)20-14-16(3)33-26-20/h7-12,14,22,29H,4-6,13H2,1-3H3/t22-/m1/s1. The number of ether oxygens (including phenoxy) is 1. The average molecular weight is 450 g/mol. The third kappa shape index (κ3) is 4.41. The van der Waals surface area contributed by atoms with Gasteiger partial charge in [0, 0.05) is 6.07 Å². The van der Waals surface area contributed by atoms with E-state index in [4.69, 9.17) is 13.7 Å². The number of nitrogens with zero attached hydrogens (tertiary/aromatic N) is 2. The third-order valence-electron chi connectivity index (χ3n) is 5.49. The number of aromatic nitrogens is 1. The highest BCUT2D eigenvalue weighted by Crippen LogP contribution is 2.42. The molecule has 0 saturated heterocycles. The zero-order valence-electron chi connectivity index (χ0n) is 18.8. The predicted molar refractivity (Wildman–Crippen MR) is 120 cm³/mol. The Morgan fingerprint density at radius 2 is 1.88 bits per heavy atom. The zero-order chi connectivity index (χ0) is 23.5. The Hall–Kier alpha value is -3.81. The summed E-state index contributed by atoms with van der Waals surface area (Å²) in [7, 11) is 0. The number of amides is 1. The monoisotopic (exact) mass is 450 g/mol. The number of furan rings is 1. The first-order chi connectivity index (χ1) is 15.9. The molecule has 3 aromatic rings. The van der Waals surface area contributed by atoms with Crippen molar-refractivity contribution in [1.82, 2.24) is 5.16 Å². The highest BCUT2D eigenvalue weighted by molar-refractivity contribution is 6.19. The van der Waals surface area contributed by atoms with Crippen molar-refractivity contribution in [2.24, 2.45) is 0 Å². The van der Waals surface area contributed by atoms with Gasteiger partial charge in [-0.15, -0.1) is 0 Å². The minimum atomic E-state index is -0.908. The fraction of sp³-hybridized carbons (Fsp3) is 0.320. The van der Waals surface area contributed by atoms with Gasteiger partial charge in [0.1, 0.15) is 17.3 Å². The lowest BCUT2D eigenvalue weighted by Crippen LogP contribution is -2.31. The van der Waals surface area contributed by atoms with Crippen LogP contribution in [0.25, 0.3) is 0 Å². The Bertz CT molecular complexity index is 1190. The second-order valence-electron chi connectivity index (χ2n) is 8.00. The van der Waals surface area contributed by atoms with Crippen molar-refractivity contribution in [3.63, 3.8) is 0 Å². The fourth-order valence-corrected chi connectivity index (χ4v) is 3.83. The molecule has 0 radical (unpaired) electrons. The Kier molecular flexibility index (Phi) is 6.35. The van der Waals surface area contributed by atoms with Crippen LogP contribution >= 0.6 is 0 Å². The van der Waals surface area contributed by atoms with Crippen molar-refractivity contribution in [2.45, 2.75) is 46.1 Å². The predicted octanol–water partition coefficient (Wildman–Crippen LogP) is 5.24. The van der Waals surface area contributed by atoms with Gasteiger partial charge in [0.2, 0.25) is 5.78 Å². The number of carbonyl (C=O) groups is 2. The average Bonchev–Trinajstić information content (AvgIpc) is 3.50. The van der Waals surface area contributed by atoms with E-state index >= 15 is 0 Å². The molecule has 0 aliphatic carbocycles. The molecule has 2 aromatic heterocycles. The molecule has 1 amide bonds. The smallest absolute Gasteiger partial charge is 0.295 e. The lowest BCUT2D eigenvalue weighted by Gasteiger charge is -2.24. The Balaban J connectivity index is 1.71. The molecule has 1 aliphatic rings. The van der Waals surface area contributed by atoms with Crippen molar-refractivity contribution in [1.29, 1.82) is 0 Å². The number of hydrogen-bond donors (Lipinski definition) is 1. The highest BCUT2D eigenvalue weighted by Gasteiger charge is 2.46. The van der Waals surface area contributed by atoms with E-state index in [0.717, 1.165) is 19.3 Å². The molecular formula is C25H26N2O6. The summed E-state index contributed by atoms with van der Waals surface area (Å²) in [5, 5.41) is 14.7. The molecule has 33 heavy (non-hydrogen) atoms. The molecule has 3 heterocycles. The van der Waals surface area contributed by atoms with Crippen molar-refractivity contribution in [2.75, 3.05) is 11.5 Å².